The summed E-state index contributed by atoms with van der Waals surface area (Å²) in [6.45, 7) is 4.42. The summed E-state index contributed by atoms with van der Waals surface area (Å²) >= 11 is 0. The SMILES string of the molecule is Nc1cc(N2CC[C@](O)(c3ccccc3)[C@H](N3CCOCC3)C2)ncn1. The van der Waals surface area contributed by atoms with E-state index < -0.39 is 5.60 Å². The number of nitrogen functional groups attached to an aromatic ring is 1. The average Bonchev–Trinajstić information content (AvgIpc) is 2.70. The van der Waals surface area contributed by atoms with Gasteiger partial charge in [0.2, 0.25) is 0 Å². The van der Waals surface area contributed by atoms with Crippen LogP contribution in [-0.4, -0.2) is 65.4 Å². The van der Waals surface area contributed by atoms with Gasteiger partial charge in [0.1, 0.15) is 23.6 Å². The van der Waals surface area contributed by atoms with E-state index in [1.54, 1.807) is 6.07 Å². The number of piperidine rings is 1. The molecule has 2 aromatic rings. The summed E-state index contributed by atoms with van der Waals surface area (Å²) in [6.07, 6.45) is 2.12. The first-order valence-corrected chi connectivity index (χ1v) is 9.09. The van der Waals surface area contributed by atoms with E-state index in [9.17, 15) is 5.11 Å². The minimum atomic E-state index is -0.895. The molecule has 7 nitrogen and oxygen atoms in total. The molecule has 0 spiro atoms. The lowest BCUT2D eigenvalue weighted by atomic mass is 9.79. The largest absolute Gasteiger partial charge is 0.384 e. The quantitative estimate of drug-likeness (QED) is 0.844. The van der Waals surface area contributed by atoms with Crippen LogP contribution in [0.15, 0.2) is 42.7 Å². The highest BCUT2D eigenvalue weighted by atomic mass is 16.5. The number of aliphatic hydroxyl groups is 1. The highest BCUT2D eigenvalue weighted by Crippen LogP contribution is 2.37. The van der Waals surface area contributed by atoms with Gasteiger partial charge in [0.05, 0.1) is 19.3 Å². The molecule has 2 saturated heterocycles. The molecule has 0 aliphatic carbocycles. The Morgan fingerprint density at radius 1 is 1.12 bits per heavy atom. The zero-order valence-corrected chi connectivity index (χ0v) is 14.8. The Morgan fingerprint density at radius 2 is 1.88 bits per heavy atom. The number of anilines is 2. The first-order chi connectivity index (χ1) is 12.7. The van der Waals surface area contributed by atoms with Gasteiger partial charge < -0.3 is 20.5 Å². The summed E-state index contributed by atoms with van der Waals surface area (Å²) in [7, 11) is 0. The van der Waals surface area contributed by atoms with Crippen LogP contribution < -0.4 is 10.6 Å². The molecule has 0 bridgehead atoms. The molecule has 0 saturated carbocycles. The maximum absolute atomic E-state index is 11.7. The summed E-state index contributed by atoms with van der Waals surface area (Å²) in [5.41, 5.74) is 5.91. The van der Waals surface area contributed by atoms with Crippen molar-refractivity contribution in [3.8, 4) is 0 Å². The van der Waals surface area contributed by atoms with Crippen molar-refractivity contribution in [1.29, 1.82) is 0 Å². The van der Waals surface area contributed by atoms with E-state index in [0.717, 1.165) is 24.5 Å². The zero-order valence-electron chi connectivity index (χ0n) is 14.8. The van der Waals surface area contributed by atoms with E-state index in [1.165, 1.54) is 6.33 Å². The van der Waals surface area contributed by atoms with Gasteiger partial charge in [-0.3, -0.25) is 4.90 Å². The summed E-state index contributed by atoms with van der Waals surface area (Å²) < 4.78 is 5.52. The van der Waals surface area contributed by atoms with Crippen molar-refractivity contribution in [2.45, 2.75) is 18.1 Å². The Morgan fingerprint density at radius 3 is 2.62 bits per heavy atom. The van der Waals surface area contributed by atoms with E-state index >= 15 is 0 Å². The number of hydrogen-bond donors (Lipinski definition) is 2. The average molecular weight is 355 g/mol. The summed E-state index contributed by atoms with van der Waals surface area (Å²) in [4.78, 5) is 12.9. The predicted molar refractivity (Wildman–Crippen MR) is 99.8 cm³/mol. The lowest BCUT2D eigenvalue weighted by molar-refractivity contribution is -0.0911. The molecule has 138 valence electrons. The van der Waals surface area contributed by atoms with Gasteiger partial charge in [-0.1, -0.05) is 30.3 Å². The number of hydrogen-bond acceptors (Lipinski definition) is 7. The Kier molecular flexibility index (Phi) is 4.76. The lowest BCUT2D eigenvalue weighted by Crippen LogP contribution is -2.62. The van der Waals surface area contributed by atoms with E-state index in [-0.39, 0.29) is 6.04 Å². The van der Waals surface area contributed by atoms with Crippen molar-refractivity contribution in [3.63, 3.8) is 0 Å². The number of ether oxygens (including phenoxy) is 1. The molecule has 7 heteroatoms. The summed E-state index contributed by atoms with van der Waals surface area (Å²) in [5, 5.41) is 11.7. The fourth-order valence-corrected chi connectivity index (χ4v) is 4.04. The van der Waals surface area contributed by atoms with Gasteiger partial charge in [0.25, 0.3) is 0 Å². The highest BCUT2D eigenvalue weighted by Gasteiger charge is 2.46. The molecule has 26 heavy (non-hydrogen) atoms. The second-order valence-corrected chi connectivity index (χ2v) is 6.95. The molecule has 3 heterocycles. The van der Waals surface area contributed by atoms with Crippen molar-refractivity contribution >= 4 is 11.6 Å². The van der Waals surface area contributed by atoms with Gasteiger partial charge in [-0.15, -0.1) is 0 Å². The smallest absolute Gasteiger partial charge is 0.134 e. The van der Waals surface area contributed by atoms with Crippen LogP contribution in [0.4, 0.5) is 11.6 Å². The molecular formula is C19H25N5O2. The van der Waals surface area contributed by atoms with Crippen molar-refractivity contribution in [2.24, 2.45) is 0 Å². The second-order valence-electron chi connectivity index (χ2n) is 6.95. The topological polar surface area (TPSA) is 87.7 Å². The second kappa shape index (κ2) is 7.19. The zero-order chi connectivity index (χ0) is 18.0. The molecule has 1 aromatic heterocycles. The van der Waals surface area contributed by atoms with Crippen LogP contribution in [0, 0.1) is 0 Å². The minimum absolute atomic E-state index is 0.0428. The highest BCUT2D eigenvalue weighted by molar-refractivity contribution is 5.47. The van der Waals surface area contributed by atoms with Gasteiger partial charge in [-0.25, -0.2) is 9.97 Å². The molecule has 2 fully saturated rings. The molecule has 4 rings (SSSR count). The number of morpholine rings is 1. The monoisotopic (exact) mass is 355 g/mol. The lowest BCUT2D eigenvalue weighted by Gasteiger charge is -2.50. The van der Waals surface area contributed by atoms with Gasteiger partial charge in [0.15, 0.2) is 0 Å². The molecule has 2 aliphatic rings. The third-order valence-corrected chi connectivity index (χ3v) is 5.47. The van der Waals surface area contributed by atoms with E-state index in [4.69, 9.17) is 10.5 Å². The van der Waals surface area contributed by atoms with Gasteiger partial charge in [0, 0.05) is 32.2 Å². The van der Waals surface area contributed by atoms with E-state index in [2.05, 4.69) is 19.8 Å². The van der Waals surface area contributed by atoms with Crippen molar-refractivity contribution in [3.05, 3.63) is 48.3 Å². The predicted octanol–water partition coefficient (Wildman–Crippen LogP) is 0.857. The van der Waals surface area contributed by atoms with Crippen molar-refractivity contribution in [1.82, 2.24) is 14.9 Å². The molecule has 2 aliphatic heterocycles. The van der Waals surface area contributed by atoms with Crippen LogP contribution in [0.5, 0.6) is 0 Å². The van der Waals surface area contributed by atoms with Crippen LogP contribution in [-0.2, 0) is 10.3 Å². The molecule has 1 aromatic carbocycles. The molecule has 0 unspecified atom stereocenters. The number of nitrogens with zero attached hydrogens (tertiary/aromatic N) is 4. The summed E-state index contributed by atoms with van der Waals surface area (Å²) in [6, 6.07) is 11.7. The standard InChI is InChI=1S/C19H25N5O2/c20-17-12-18(22-14-21-17)24-7-6-19(25,15-4-2-1-3-5-15)16(13-24)23-8-10-26-11-9-23/h1-5,12,14,16,25H,6-11,13H2,(H2,20,21,22)/t16-,19+/m1/s1. The first-order valence-electron chi connectivity index (χ1n) is 9.09. The van der Waals surface area contributed by atoms with Crippen LogP contribution in [0.3, 0.4) is 0 Å². The third-order valence-electron chi connectivity index (χ3n) is 5.47. The van der Waals surface area contributed by atoms with Crippen LogP contribution >= 0.6 is 0 Å². The molecule has 3 N–H and O–H groups in total. The van der Waals surface area contributed by atoms with Crippen LogP contribution in [0.25, 0.3) is 0 Å². The number of benzene rings is 1. The molecule has 0 amide bonds. The van der Waals surface area contributed by atoms with Gasteiger partial charge >= 0.3 is 0 Å². The maximum atomic E-state index is 11.7. The molecule has 2 atom stereocenters. The Labute approximate surface area is 153 Å². The van der Waals surface area contributed by atoms with Crippen LogP contribution in [0.1, 0.15) is 12.0 Å². The Balaban J connectivity index is 1.65. The fraction of sp³-hybridized carbons (Fsp3) is 0.474. The van der Waals surface area contributed by atoms with Crippen LogP contribution in [0.2, 0.25) is 0 Å². The third kappa shape index (κ3) is 3.25. The number of aromatic nitrogens is 2. The number of rotatable bonds is 3. The van der Waals surface area contributed by atoms with E-state index in [1.807, 2.05) is 30.3 Å². The minimum Gasteiger partial charge on any atom is -0.384 e. The van der Waals surface area contributed by atoms with E-state index in [0.29, 0.717) is 38.5 Å². The van der Waals surface area contributed by atoms with Crippen molar-refractivity contribution < 1.29 is 9.84 Å². The first kappa shape index (κ1) is 17.2. The molecule has 0 radical (unpaired) electrons. The number of nitrogens with two attached hydrogens (primary N) is 1. The van der Waals surface area contributed by atoms with Gasteiger partial charge in [-0.2, -0.15) is 0 Å². The normalized spacial score (nSPS) is 27.4. The maximum Gasteiger partial charge on any atom is 0.134 e. The van der Waals surface area contributed by atoms with Gasteiger partial charge in [-0.05, 0) is 12.0 Å². The molecular weight excluding hydrogens is 330 g/mol. The Bertz CT molecular complexity index is 738. The van der Waals surface area contributed by atoms with Crippen molar-refractivity contribution in [2.75, 3.05) is 50.0 Å². The Hall–Kier alpha value is -2.22. The summed E-state index contributed by atoms with van der Waals surface area (Å²) in [5.74, 6) is 1.27. The fourth-order valence-electron chi connectivity index (χ4n) is 4.04.